The van der Waals surface area contributed by atoms with E-state index in [0.717, 1.165) is 5.56 Å². The van der Waals surface area contributed by atoms with Crippen molar-refractivity contribution in [1.82, 2.24) is 16.2 Å². The monoisotopic (exact) mass is 449 g/mol. The number of hydrogen-bond acceptors (Lipinski definition) is 5. The number of ether oxygens (including phenoxy) is 2. The average Bonchev–Trinajstić information content (AvgIpc) is 2.70. The van der Waals surface area contributed by atoms with Crippen molar-refractivity contribution in [2.75, 3.05) is 13.2 Å². The van der Waals surface area contributed by atoms with Gasteiger partial charge in [-0.05, 0) is 67.0 Å². The van der Waals surface area contributed by atoms with Gasteiger partial charge in [0.15, 0.2) is 11.7 Å². The normalized spacial score (nSPS) is 10.3. The smallest absolute Gasteiger partial charge is 0.276 e. The van der Waals surface area contributed by atoms with Crippen molar-refractivity contribution in [3.63, 3.8) is 0 Å². The molecule has 0 spiro atoms. The van der Waals surface area contributed by atoms with Gasteiger partial charge in [0.1, 0.15) is 11.5 Å². The van der Waals surface area contributed by atoms with E-state index in [2.05, 4.69) is 16.2 Å². The molecule has 0 heterocycles. The van der Waals surface area contributed by atoms with Gasteiger partial charge >= 0.3 is 0 Å². The maximum Gasteiger partial charge on any atom is 0.276 e. The van der Waals surface area contributed by atoms with E-state index in [1.807, 2.05) is 20.8 Å². The number of thiocarbonyl (C=S) groups is 1. The van der Waals surface area contributed by atoms with E-state index < -0.39 is 11.8 Å². The first-order valence-corrected chi connectivity index (χ1v) is 10.0. The van der Waals surface area contributed by atoms with Crippen LogP contribution in [0.5, 0.6) is 11.5 Å². The van der Waals surface area contributed by atoms with Gasteiger partial charge in [0, 0.05) is 10.6 Å². The lowest BCUT2D eigenvalue weighted by atomic mass is 10.2. The van der Waals surface area contributed by atoms with Crippen LogP contribution in [-0.4, -0.2) is 30.1 Å². The molecular weight excluding hydrogens is 426 g/mol. The van der Waals surface area contributed by atoms with Gasteiger partial charge in [-0.3, -0.25) is 25.8 Å². The van der Waals surface area contributed by atoms with Crippen molar-refractivity contribution in [2.24, 2.45) is 5.92 Å². The Morgan fingerprint density at radius 3 is 2.57 bits per heavy atom. The zero-order valence-corrected chi connectivity index (χ0v) is 18.5. The van der Waals surface area contributed by atoms with E-state index in [1.165, 1.54) is 0 Å². The molecule has 0 aromatic heterocycles. The summed E-state index contributed by atoms with van der Waals surface area (Å²) in [7, 11) is 0. The Morgan fingerprint density at radius 1 is 1.10 bits per heavy atom. The highest BCUT2D eigenvalue weighted by Crippen LogP contribution is 2.21. The van der Waals surface area contributed by atoms with E-state index in [9.17, 15) is 9.59 Å². The molecule has 2 amide bonds. The molecule has 2 aromatic rings. The third kappa shape index (κ3) is 7.88. The topological polar surface area (TPSA) is 88.7 Å². The molecule has 0 saturated carbocycles. The van der Waals surface area contributed by atoms with Crippen LogP contribution in [0, 0.1) is 12.8 Å². The number of halogens is 1. The van der Waals surface area contributed by atoms with Crippen LogP contribution in [0.15, 0.2) is 42.5 Å². The van der Waals surface area contributed by atoms with E-state index in [4.69, 9.17) is 33.3 Å². The number of aryl methyl sites for hydroxylation is 1. The molecule has 0 atom stereocenters. The fourth-order valence-corrected chi connectivity index (χ4v) is 2.65. The first-order chi connectivity index (χ1) is 14.2. The molecule has 2 rings (SSSR count). The van der Waals surface area contributed by atoms with E-state index in [0.29, 0.717) is 34.6 Å². The number of nitrogens with one attached hydrogen (secondary N) is 3. The minimum Gasteiger partial charge on any atom is -0.493 e. The maximum absolute atomic E-state index is 12.3. The highest BCUT2D eigenvalue weighted by atomic mass is 35.5. The predicted molar refractivity (Wildman–Crippen MR) is 120 cm³/mol. The SMILES string of the molecule is Cc1cc(Cl)ccc1OCC(=O)NNC(=S)NC(=O)c1cccc(OCC(C)C)c1. The number of benzene rings is 2. The molecule has 9 heteroatoms. The number of rotatable bonds is 7. The van der Waals surface area contributed by atoms with Crippen molar-refractivity contribution in [1.29, 1.82) is 0 Å². The largest absolute Gasteiger partial charge is 0.493 e. The Morgan fingerprint density at radius 2 is 1.87 bits per heavy atom. The first kappa shape index (κ1) is 23.4. The molecular formula is C21H24ClN3O4S. The van der Waals surface area contributed by atoms with Crippen LogP contribution in [0.3, 0.4) is 0 Å². The summed E-state index contributed by atoms with van der Waals surface area (Å²) in [6, 6.07) is 11.9. The van der Waals surface area contributed by atoms with E-state index >= 15 is 0 Å². The molecule has 3 N–H and O–H groups in total. The maximum atomic E-state index is 12.3. The second kappa shape index (κ2) is 11.4. The second-order valence-corrected chi connectivity index (χ2v) is 7.73. The fourth-order valence-electron chi connectivity index (χ4n) is 2.28. The molecule has 0 radical (unpaired) electrons. The van der Waals surface area contributed by atoms with E-state index in [1.54, 1.807) is 42.5 Å². The molecule has 0 bridgehead atoms. The highest BCUT2D eigenvalue weighted by molar-refractivity contribution is 7.80. The third-order valence-electron chi connectivity index (χ3n) is 3.72. The van der Waals surface area contributed by atoms with Crippen LogP contribution >= 0.6 is 23.8 Å². The van der Waals surface area contributed by atoms with Crippen molar-refractivity contribution >= 4 is 40.7 Å². The summed E-state index contributed by atoms with van der Waals surface area (Å²) in [5.74, 6) is 0.619. The van der Waals surface area contributed by atoms with Crippen molar-refractivity contribution in [3.05, 3.63) is 58.6 Å². The average molecular weight is 450 g/mol. The van der Waals surface area contributed by atoms with Crippen LogP contribution in [0.1, 0.15) is 29.8 Å². The molecule has 0 aliphatic rings. The third-order valence-corrected chi connectivity index (χ3v) is 4.16. The summed E-state index contributed by atoms with van der Waals surface area (Å²) < 4.78 is 11.0. The van der Waals surface area contributed by atoms with Gasteiger partial charge in [0.25, 0.3) is 11.8 Å². The van der Waals surface area contributed by atoms with Gasteiger partial charge in [-0.15, -0.1) is 0 Å². The summed E-state index contributed by atoms with van der Waals surface area (Å²) in [5.41, 5.74) is 6.02. The summed E-state index contributed by atoms with van der Waals surface area (Å²) in [6.07, 6.45) is 0. The number of carbonyl (C=O) groups excluding carboxylic acids is 2. The summed E-state index contributed by atoms with van der Waals surface area (Å²) in [6.45, 7) is 6.22. The quantitative estimate of drug-likeness (QED) is 0.443. The van der Waals surface area contributed by atoms with Gasteiger partial charge in [0.2, 0.25) is 0 Å². The van der Waals surface area contributed by atoms with Crippen molar-refractivity contribution in [3.8, 4) is 11.5 Å². The second-order valence-electron chi connectivity index (χ2n) is 6.89. The number of amides is 2. The lowest BCUT2D eigenvalue weighted by Crippen LogP contribution is -2.49. The highest BCUT2D eigenvalue weighted by Gasteiger charge is 2.11. The van der Waals surface area contributed by atoms with Crippen LogP contribution in [0.2, 0.25) is 5.02 Å². The van der Waals surface area contributed by atoms with Crippen LogP contribution < -0.4 is 25.6 Å². The van der Waals surface area contributed by atoms with Crippen molar-refractivity contribution < 1.29 is 19.1 Å². The predicted octanol–water partition coefficient (Wildman–Crippen LogP) is 3.40. The lowest BCUT2D eigenvalue weighted by Gasteiger charge is -2.13. The van der Waals surface area contributed by atoms with Gasteiger partial charge < -0.3 is 9.47 Å². The Bertz CT molecular complexity index is 921. The number of hydrazine groups is 1. The molecule has 2 aromatic carbocycles. The number of carbonyl (C=O) groups is 2. The number of hydrogen-bond donors (Lipinski definition) is 3. The van der Waals surface area contributed by atoms with Crippen molar-refractivity contribution in [2.45, 2.75) is 20.8 Å². The van der Waals surface area contributed by atoms with Crippen LogP contribution in [0.25, 0.3) is 0 Å². The van der Waals surface area contributed by atoms with Crippen LogP contribution in [-0.2, 0) is 4.79 Å². The summed E-state index contributed by atoms with van der Waals surface area (Å²) in [5, 5.41) is 3.02. The van der Waals surface area contributed by atoms with Gasteiger partial charge in [-0.2, -0.15) is 0 Å². The molecule has 0 unspecified atom stereocenters. The Kier molecular flexibility index (Phi) is 8.89. The first-order valence-electron chi connectivity index (χ1n) is 9.26. The van der Waals surface area contributed by atoms with Gasteiger partial charge in [-0.1, -0.05) is 31.5 Å². The lowest BCUT2D eigenvalue weighted by molar-refractivity contribution is -0.123. The summed E-state index contributed by atoms with van der Waals surface area (Å²) >= 11 is 10.9. The molecule has 0 saturated heterocycles. The fraction of sp³-hybridized carbons (Fsp3) is 0.286. The summed E-state index contributed by atoms with van der Waals surface area (Å²) in [4.78, 5) is 24.2. The molecule has 7 nitrogen and oxygen atoms in total. The Balaban J connectivity index is 1.77. The molecule has 160 valence electrons. The molecule has 0 aliphatic carbocycles. The van der Waals surface area contributed by atoms with Crippen LogP contribution in [0.4, 0.5) is 0 Å². The molecule has 0 fully saturated rings. The Labute approximate surface area is 186 Å². The molecule has 0 aliphatic heterocycles. The van der Waals surface area contributed by atoms with E-state index in [-0.39, 0.29) is 11.7 Å². The zero-order chi connectivity index (χ0) is 22.1. The zero-order valence-electron chi connectivity index (χ0n) is 17.0. The minimum atomic E-state index is -0.468. The Hall–Kier alpha value is -2.84. The molecule has 30 heavy (non-hydrogen) atoms. The van der Waals surface area contributed by atoms with Gasteiger partial charge in [0.05, 0.1) is 6.61 Å². The standard InChI is InChI=1S/C21H24ClN3O4S/c1-13(2)11-28-17-6-4-5-15(10-17)20(27)23-21(30)25-24-19(26)12-29-18-8-7-16(22)9-14(18)3/h4-10,13H,11-12H2,1-3H3,(H,24,26)(H2,23,25,27,30). The minimum absolute atomic E-state index is 0.0514. The van der Waals surface area contributed by atoms with Gasteiger partial charge in [-0.25, -0.2) is 0 Å².